The van der Waals surface area contributed by atoms with E-state index in [0.29, 0.717) is 0 Å². The lowest BCUT2D eigenvalue weighted by atomic mass is 10.2. The maximum absolute atomic E-state index is 11.5. The molecule has 0 aliphatic heterocycles. The molecule has 0 heterocycles. The summed E-state index contributed by atoms with van der Waals surface area (Å²) in [6.45, 7) is 9.69. The molecule has 0 rings (SSSR count). The highest BCUT2D eigenvalue weighted by Gasteiger charge is 2.10. The van der Waals surface area contributed by atoms with Gasteiger partial charge in [-0.2, -0.15) is 0 Å². The minimum atomic E-state index is -0.709. The maximum Gasteiger partial charge on any atom is 0.337 e. The number of ether oxygens (including phenoxy) is 3. The van der Waals surface area contributed by atoms with E-state index in [0.717, 1.165) is 0 Å². The molecule has 0 fully saturated rings. The molecule has 0 radical (unpaired) electrons. The summed E-state index contributed by atoms with van der Waals surface area (Å²) in [6, 6.07) is 0. The molecule has 0 spiro atoms. The van der Waals surface area contributed by atoms with E-state index >= 15 is 0 Å². The zero-order chi connectivity index (χ0) is 15.7. The standard InChI is InChI=1S/C14H18O6/c1-9(2)12(15)19-6-7-20-14(17)11(4)8-10(3)13(16)18-5/h8H,1,4,6-7H2,2-3,5H3. The summed E-state index contributed by atoms with van der Waals surface area (Å²) in [5.41, 5.74) is 0.486. The molecule has 0 saturated heterocycles. The number of carbonyl (C=O) groups is 3. The van der Waals surface area contributed by atoms with Crippen LogP contribution in [0, 0.1) is 0 Å². The Morgan fingerprint density at radius 1 is 0.950 bits per heavy atom. The van der Waals surface area contributed by atoms with Gasteiger partial charge in [0.25, 0.3) is 0 Å². The lowest BCUT2D eigenvalue weighted by Crippen LogP contribution is -2.15. The van der Waals surface area contributed by atoms with E-state index in [1.165, 1.54) is 27.0 Å². The van der Waals surface area contributed by atoms with E-state index in [1.807, 2.05) is 0 Å². The smallest absolute Gasteiger partial charge is 0.337 e. The molecule has 0 aliphatic rings. The van der Waals surface area contributed by atoms with Gasteiger partial charge in [-0.05, 0) is 19.9 Å². The van der Waals surface area contributed by atoms with Gasteiger partial charge in [0.2, 0.25) is 0 Å². The first-order chi connectivity index (χ1) is 9.29. The van der Waals surface area contributed by atoms with Crippen molar-refractivity contribution >= 4 is 17.9 Å². The van der Waals surface area contributed by atoms with Gasteiger partial charge in [-0.1, -0.05) is 13.2 Å². The third-order valence-corrected chi connectivity index (χ3v) is 2.06. The van der Waals surface area contributed by atoms with E-state index in [4.69, 9.17) is 9.47 Å². The highest BCUT2D eigenvalue weighted by molar-refractivity contribution is 5.95. The molecule has 0 bridgehead atoms. The summed E-state index contributed by atoms with van der Waals surface area (Å²) in [4.78, 5) is 33.6. The van der Waals surface area contributed by atoms with E-state index < -0.39 is 17.9 Å². The molecule has 0 saturated carbocycles. The molecule has 110 valence electrons. The van der Waals surface area contributed by atoms with Crippen LogP contribution in [-0.4, -0.2) is 38.2 Å². The third-order valence-electron chi connectivity index (χ3n) is 2.06. The summed E-state index contributed by atoms with van der Waals surface area (Å²) in [5.74, 6) is -1.82. The van der Waals surface area contributed by atoms with Crippen LogP contribution < -0.4 is 0 Å². The van der Waals surface area contributed by atoms with Crippen LogP contribution in [0.2, 0.25) is 0 Å². The number of methoxy groups -OCH3 is 1. The fourth-order valence-corrected chi connectivity index (χ4v) is 1.02. The lowest BCUT2D eigenvalue weighted by molar-refractivity contribution is -0.147. The Bertz CT molecular complexity index is 458. The Balaban J connectivity index is 4.16. The monoisotopic (exact) mass is 282 g/mol. The first kappa shape index (κ1) is 17.6. The lowest BCUT2D eigenvalue weighted by Gasteiger charge is -2.06. The third kappa shape index (κ3) is 6.53. The van der Waals surface area contributed by atoms with Crippen LogP contribution >= 0.6 is 0 Å². The van der Waals surface area contributed by atoms with Gasteiger partial charge < -0.3 is 14.2 Å². The normalized spacial score (nSPS) is 10.4. The predicted octanol–water partition coefficient (Wildman–Crippen LogP) is 1.32. The first-order valence-electron chi connectivity index (χ1n) is 5.74. The summed E-state index contributed by atoms with van der Waals surface area (Å²) in [7, 11) is 1.23. The molecular weight excluding hydrogens is 264 g/mol. The molecule has 0 aromatic heterocycles. The number of hydrogen-bond acceptors (Lipinski definition) is 6. The minimum Gasteiger partial charge on any atom is -0.466 e. The van der Waals surface area contributed by atoms with Crippen molar-refractivity contribution < 1.29 is 28.6 Å². The van der Waals surface area contributed by atoms with Gasteiger partial charge >= 0.3 is 17.9 Å². The second-order valence-corrected chi connectivity index (χ2v) is 3.90. The van der Waals surface area contributed by atoms with Crippen molar-refractivity contribution in [3.05, 3.63) is 36.0 Å². The van der Waals surface area contributed by atoms with Gasteiger partial charge in [0, 0.05) is 11.1 Å². The Morgan fingerprint density at radius 2 is 1.45 bits per heavy atom. The molecule has 0 aliphatic carbocycles. The fourth-order valence-electron chi connectivity index (χ4n) is 1.02. The van der Waals surface area contributed by atoms with E-state index in [1.54, 1.807) is 0 Å². The largest absolute Gasteiger partial charge is 0.466 e. The number of esters is 3. The van der Waals surface area contributed by atoms with Crippen molar-refractivity contribution in [3.63, 3.8) is 0 Å². The summed E-state index contributed by atoms with van der Waals surface area (Å²) in [5, 5.41) is 0. The topological polar surface area (TPSA) is 78.9 Å². The van der Waals surface area contributed by atoms with Crippen molar-refractivity contribution in [2.75, 3.05) is 20.3 Å². The van der Waals surface area contributed by atoms with Crippen molar-refractivity contribution in [3.8, 4) is 0 Å². The second kappa shape index (κ2) is 8.68. The van der Waals surface area contributed by atoms with E-state index in [2.05, 4.69) is 17.9 Å². The Labute approximate surface area is 117 Å². The van der Waals surface area contributed by atoms with Gasteiger partial charge in [-0.15, -0.1) is 0 Å². The number of rotatable bonds is 7. The van der Waals surface area contributed by atoms with Gasteiger partial charge in [0.05, 0.1) is 12.7 Å². The Kier molecular flexibility index (Phi) is 7.65. The molecular formula is C14H18O6. The molecule has 6 heteroatoms. The zero-order valence-electron chi connectivity index (χ0n) is 11.9. The van der Waals surface area contributed by atoms with Crippen LogP contribution in [0.1, 0.15) is 13.8 Å². The number of carbonyl (C=O) groups excluding carboxylic acids is 3. The van der Waals surface area contributed by atoms with E-state index in [-0.39, 0.29) is 29.9 Å². The predicted molar refractivity (Wildman–Crippen MR) is 71.6 cm³/mol. The van der Waals surface area contributed by atoms with Crippen LogP contribution in [0.5, 0.6) is 0 Å². The quantitative estimate of drug-likeness (QED) is 0.230. The van der Waals surface area contributed by atoms with Crippen molar-refractivity contribution in [1.29, 1.82) is 0 Å². The van der Waals surface area contributed by atoms with Crippen LogP contribution in [0.3, 0.4) is 0 Å². The van der Waals surface area contributed by atoms with Crippen LogP contribution in [-0.2, 0) is 28.6 Å². The van der Waals surface area contributed by atoms with Crippen LogP contribution in [0.25, 0.3) is 0 Å². The first-order valence-corrected chi connectivity index (χ1v) is 5.74. The molecule has 0 N–H and O–H groups in total. The van der Waals surface area contributed by atoms with Gasteiger partial charge in [0.1, 0.15) is 13.2 Å². The molecule has 20 heavy (non-hydrogen) atoms. The zero-order valence-corrected chi connectivity index (χ0v) is 11.9. The molecule has 0 aromatic rings. The highest BCUT2D eigenvalue weighted by Crippen LogP contribution is 2.04. The average molecular weight is 282 g/mol. The minimum absolute atomic E-state index is 0.000808. The van der Waals surface area contributed by atoms with Crippen molar-refractivity contribution in [2.24, 2.45) is 0 Å². The SMILES string of the molecule is C=C(C)C(=O)OCCOC(=O)C(=C)C=C(C)C(=O)OC. The maximum atomic E-state index is 11.5. The van der Waals surface area contributed by atoms with Gasteiger partial charge in [-0.3, -0.25) is 0 Å². The van der Waals surface area contributed by atoms with Crippen molar-refractivity contribution in [1.82, 2.24) is 0 Å². The fraction of sp³-hybridized carbons (Fsp3) is 0.357. The van der Waals surface area contributed by atoms with Gasteiger partial charge in [-0.25, -0.2) is 14.4 Å². The summed E-state index contributed by atoms with van der Waals surface area (Å²) >= 11 is 0. The molecule has 0 unspecified atom stereocenters. The Hall–Kier alpha value is -2.37. The van der Waals surface area contributed by atoms with Crippen molar-refractivity contribution in [2.45, 2.75) is 13.8 Å². The summed E-state index contributed by atoms with van der Waals surface area (Å²) in [6.07, 6.45) is 1.26. The molecule has 6 nitrogen and oxygen atoms in total. The van der Waals surface area contributed by atoms with Gasteiger partial charge in [0.15, 0.2) is 0 Å². The number of hydrogen-bond donors (Lipinski definition) is 0. The van der Waals surface area contributed by atoms with Crippen LogP contribution in [0.4, 0.5) is 0 Å². The van der Waals surface area contributed by atoms with Crippen LogP contribution in [0.15, 0.2) is 36.0 Å². The molecule has 0 atom stereocenters. The second-order valence-electron chi connectivity index (χ2n) is 3.90. The average Bonchev–Trinajstić information content (AvgIpc) is 2.41. The molecule has 0 amide bonds. The summed E-state index contributed by atoms with van der Waals surface area (Å²) < 4.78 is 14.0. The van der Waals surface area contributed by atoms with E-state index in [9.17, 15) is 14.4 Å². The highest BCUT2D eigenvalue weighted by atomic mass is 16.6. The molecule has 0 aromatic carbocycles. The Morgan fingerprint density at radius 3 is 1.90 bits per heavy atom.